The van der Waals surface area contributed by atoms with Gasteiger partial charge in [0.2, 0.25) is 5.95 Å². The summed E-state index contributed by atoms with van der Waals surface area (Å²) in [5.74, 6) is -0.516. The largest absolute Gasteiger partial charge is 0.291 e. The lowest BCUT2D eigenvalue weighted by Crippen LogP contribution is -2.10. The molecule has 1 aromatic carbocycles. The van der Waals surface area contributed by atoms with Gasteiger partial charge in [-0.25, -0.2) is 4.39 Å². The summed E-state index contributed by atoms with van der Waals surface area (Å²) in [6, 6.07) is 9.91. The highest BCUT2D eigenvalue weighted by Gasteiger charge is 2.07. The van der Waals surface area contributed by atoms with Crippen LogP contribution in [0.15, 0.2) is 53.1 Å². The fourth-order valence-electron chi connectivity index (χ4n) is 1.89. The maximum Gasteiger partial charge on any atom is 0.250 e. The van der Waals surface area contributed by atoms with Gasteiger partial charge in [-0.3, -0.25) is 14.5 Å². The number of fused-ring (bicyclic) bond motifs is 1. The second-order valence-corrected chi connectivity index (χ2v) is 5.36. The van der Waals surface area contributed by atoms with E-state index in [-0.39, 0.29) is 0 Å². The molecule has 0 radical (unpaired) electrons. The van der Waals surface area contributed by atoms with Crippen LogP contribution in [0.1, 0.15) is 5.56 Å². The van der Waals surface area contributed by atoms with Crippen LogP contribution in [0.25, 0.3) is 11.7 Å². The van der Waals surface area contributed by atoms with Crippen LogP contribution >= 0.6 is 15.9 Å². The first-order chi connectivity index (χ1) is 10.6. The number of carbonyl (C=O) groups is 1. The minimum Gasteiger partial charge on any atom is -0.291 e. The zero-order chi connectivity index (χ0) is 15.5. The number of pyridine rings is 1. The smallest absolute Gasteiger partial charge is 0.250 e. The number of nitrogens with one attached hydrogen (secondary N) is 1. The van der Waals surface area contributed by atoms with Crippen LogP contribution in [0, 0.1) is 5.82 Å². The Balaban J connectivity index is 1.77. The van der Waals surface area contributed by atoms with Crippen molar-refractivity contribution in [1.29, 1.82) is 0 Å². The van der Waals surface area contributed by atoms with Gasteiger partial charge in [0.25, 0.3) is 5.91 Å². The maximum atomic E-state index is 13.6. The molecular formula is C15H10BrFN4O. The Morgan fingerprint density at radius 2 is 2.14 bits per heavy atom. The molecular weight excluding hydrogens is 351 g/mol. The van der Waals surface area contributed by atoms with E-state index < -0.39 is 11.7 Å². The summed E-state index contributed by atoms with van der Waals surface area (Å²) in [5, 5.41) is 10.4. The van der Waals surface area contributed by atoms with Crippen molar-refractivity contribution in [2.45, 2.75) is 0 Å². The fraction of sp³-hybridized carbons (Fsp3) is 0. The molecule has 2 aromatic heterocycles. The number of amides is 1. The number of carbonyl (C=O) groups excluding carboxylic acids is 1. The van der Waals surface area contributed by atoms with E-state index in [1.807, 2.05) is 6.07 Å². The molecule has 0 aliphatic rings. The Morgan fingerprint density at radius 3 is 3.00 bits per heavy atom. The Kier molecular flexibility index (Phi) is 3.97. The third-order valence-electron chi connectivity index (χ3n) is 2.92. The van der Waals surface area contributed by atoms with E-state index in [1.54, 1.807) is 34.9 Å². The van der Waals surface area contributed by atoms with Gasteiger partial charge in [-0.2, -0.15) is 0 Å². The number of hydrogen-bond donors (Lipinski definition) is 1. The van der Waals surface area contributed by atoms with E-state index in [1.165, 1.54) is 18.2 Å². The van der Waals surface area contributed by atoms with Crippen LogP contribution in [-0.4, -0.2) is 20.5 Å². The number of rotatable bonds is 3. The van der Waals surface area contributed by atoms with E-state index in [2.05, 4.69) is 31.4 Å². The predicted molar refractivity (Wildman–Crippen MR) is 84.8 cm³/mol. The fourth-order valence-corrected chi connectivity index (χ4v) is 2.27. The van der Waals surface area contributed by atoms with Crippen molar-refractivity contribution in [2.24, 2.45) is 0 Å². The zero-order valence-electron chi connectivity index (χ0n) is 11.2. The molecule has 0 saturated carbocycles. The van der Waals surface area contributed by atoms with Gasteiger partial charge in [-0.1, -0.05) is 22.0 Å². The Hall–Kier alpha value is -2.54. The van der Waals surface area contributed by atoms with Crippen LogP contribution in [-0.2, 0) is 4.79 Å². The number of hydrogen-bond acceptors (Lipinski definition) is 3. The predicted octanol–water partition coefficient (Wildman–Crippen LogP) is 3.28. The van der Waals surface area contributed by atoms with E-state index in [0.717, 1.165) is 4.47 Å². The van der Waals surface area contributed by atoms with Crippen LogP contribution < -0.4 is 5.32 Å². The highest BCUT2D eigenvalue weighted by atomic mass is 79.9. The maximum absolute atomic E-state index is 13.6. The monoisotopic (exact) mass is 360 g/mol. The minimum absolute atomic E-state index is 0.306. The number of benzene rings is 1. The molecule has 3 aromatic rings. The summed E-state index contributed by atoms with van der Waals surface area (Å²) in [4.78, 5) is 11.9. The molecule has 0 unspecified atom stereocenters. The van der Waals surface area contributed by atoms with Crippen LogP contribution in [0.3, 0.4) is 0 Å². The molecule has 3 rings (SSSR count). The van der Waals surface area contributed by atoms with Crippen molar-refractivity contribution in [3.05, 3.63) is 64.5 Å². The average molecular weight is 361 g/mol. The molecule has 7 heteroatoms. The summed E-state index contributed by atoms with van der Waals surface area (Å²) in [7, 11) is 0. The summed E-state index contributed by atoms with van der Waals surface area (Å²) >= 11 is 3.26. The lowest BCUT2D eigenvalue weighted by molar-refractivity contribution is -0.111. The number of nitrogens with zero attached hydrogens (tertiary/aromatic N) is 3. The van der Waals surface area contributed by atoms with Gasteiger partial charge in [-0.05, 0) is 36.4 Å². The van der Waals surface area contributed by atoms with E-state index in [4.69, 9.17) is 0 Å². The van der Waals surface area contributed by atoms with Crippen LogP contribution in [0.2, 0.25) is 0 Å². The Bertz CT molecular complexity index is 875. The standard InChI is InChI=1S/C15H10BrFN4O/c16-11-5-6-12(17)10(9-11)4-7-14(22)18-15-20-19-13-3-1-2-8-21(13)15/h1-9H,(H,18,20,22)/b7-4+. The van der Waals surface area contributed by atoms with Gasteiger partial charge in [0.1, 0.15) is 5.82 Å². The number of aromatic nitrogens is 3. The first-order valence-corrected chi connectivity index (χ1v) is 7.17. The molecule has 1 N–H and O–H groups in total. The second-order valence-electron chi connectivity index (χ2n) is 4.44. The third kappa shape index (κ3) is 3.04. The first-order valence-electron chi connectivity index (χ1n) is 6.37. The number of anilines is 1. The first kappa shape index (κ1) is 14.4. The highest BCUT2D eigenvalue weighted by molar-refractivity contribution is 9.10. The van der Waals surface area contributed by atoms with Crippen LogP contribution in [0.5, 0.6) is 0 Å². The van der Waals surface area contributed by atoms with Crippen molar-refractivity contribution in [2.75, 3.05) is 5.32 Å². The molecule has 0 fully saturated rings. The molecule has 2 heterocycles. The van der Waals surface area contributed by atoms with Crippen molar-refractivity contribution in [3.8, 4) is 0 Å². The van der Waals surface area contributed by atoms with Gasteiger partial charge in [0, 0.05) is 22.3 Å². The lowest BCUT2D eigenvalue weighted by Gasteiger charge is -2.00. The zero-order valence-corrected chi connectivity index (χ0v) is 12.8. The van der Waals surface area contributed by atoms with E-state index in [9.17, 15) is 9.18 Å². The van der Waals surface area contributed by atoms with Gasteiger partial charge in [0.05, 0.1) is 0 Å². The molecule has 0 saturated heterocycles. The SMILES string of the molecule is O=C(/C=C/c1cc(Br)ccc1F)Nc1nnc2ccccn12. The molecule has 0 aliphatic heterocycles. The van der Waals surface area contributed by atoms with Crippen molar-refractivity contribution in [3.63, 3.8) is 0 Å². The summed E-state index contributed by atoms with van der Waals surface area (Å²) in [6.45, 7) is 0. The van der Waals surface area contributed by atoms with Crippen molar-refractivity contribution >= 4 is 39.5 Å². The van der Waals surface area contributed by atoms with E-state index in [0.29, 0.717) is 17.2 Å². The molecule has 0 bridgehead atoms. The van der Waals surface area contributed by atoms with Gasteiger partial charge in [-0.15, -0.1) is 10.2 Å². The molecule has 5 nitrogen and oxygen atoms in total. The summed E-state index contributed by atoms with van der Waals surface area (Å²) in [5.41, 5.74) is 0.940. The summed E-state index contributed by atoms with van der Waals surface area (Å²) in [6.07, 6.45) is 4.39. The number of halogens is 2. The molecule has 0 aliphatic carbocycles. The average Bonchev–Trinajstić information content (AvgIpc) is 2.91. The third-order valence-corrected chi connectivity index (χ3v) is 3.41. The normalized spacial score (nSPS) is 11.2. The molecule has 1 amide bonds. The second kappa shape index (κ2) is 6.07. The van der Waals surface area contributed by atoms with Gasteiger partial charge >= 0.3 is 0 Å². The Labute approximate surface area is 133 Å². The molecule has 22 heavy (non-hydrogen) atoms. The molecule has 110 valence electrons. The Morgan fingerprint density at radius 1 is 1.27 bits per heavy atom. The molecule has 0 atom stereocenters. The molecule has 0 spiro atoms. The topological polar surface area (TPSA) is 59.3 Å². The van der Waals surface area contributed by atoms with Crippen molar-refractivity contribution < 1.29 is 9.18 Å². The van der Waals surface area contributed by atoms with Crippen molar-refractivity contribution in [1.82, 2.24) is 14.6 Å². The minimum atomic E-state index is -0.419. The van der Waals surface area contributed by atoms with Gasteiger partial charge < -0.3 is 0 Å². The van der Waals surface area contributed by atoms with Crippen LogP contribution in [0.4, 0.5) is 10.3 Å². The lowest BCUT2D eigenvalue weighted by atomic mass is 10.2. The van der Waals surface area contributed by atoms with Gasteiger partial charge in [0.15, 0.2) is 5.65 Å². The summed E-state index contributed by atoms with van der Waals surface area (Å²) < 4.78 is 16.0. The van der Waals surface area contributed by atoms with E-state index >= 15 is 0 Å². The highest BCUT2D eigenvalue weighted by Crippen LogP contribution is 2.16. The quantitative estimate of drug-likeness (QED) is 0.729.